The first-order valence-electron chi connectivity index (χ1n) is 15.4. The Kier molecular flexibility index (Phi) is 8.81. The number of aliphatic hydroxyl groups excluding tert-OH is 2. The second-order valence-electron chi connectivity index (χ2n) is 12.1. The molecule has 0 aliphatic carbocycles. The van der Waals surface area contributed by atoms with Crippen molar-refractivity contribution in [2.24, 2.45) is 17.8 Å². The summed E-state index contributed by atoms with van der Waals surface area (Å²) in [5.74, 6) is -1.88. The second-order valence-corrected chi connectivity index (χ2v) is 13.3. The van der Waals surface area contributed by atoms with Crippen molar-refractivity contribution < 1.29 is 38.8 Å². The summed E-state index contributed by atoms with van der Waals surface area (Å²) in [6, 6.07) is 0. The van der Waals surface area contributed by atoms with Crippen LogP contribution in [0.2, 0.25) is 0 Å². The number of carbonyl (C=O) groups is 3. The number of amides is 1. The molecule has 1 amide bonds. The van der Waals surface area contributed by atoms with Crippen molar-refractivity contribution in [3.05, 3.63) is 61.9 Å². The summed E-state index contributed by atoms with van der Waals surface area (Å²) in [5.41, 5.74) is 5.67. The lowest BCUT2D eigenvalue weighted by molar-refractivity contribution is -0.314. The predicted molar refractivity (Wildman–Crippen MR) is 172 cm³/mol. The number of nitrogens with zero attached hydrogens (tertiary/aromatic N) is 1. The predicted octanol–water partition coefficient (Wildman–Crippen LogP) is 3.55. The lowest BCUT2D eigenvalue weighted by atomic mass is 9.87. The van der Waals surface area contributed by atoms with Crippen LogP contribution in [0.3, 0.4) is 0 Å². The molecular formula is C33H41N4O7S+. The zero-order valence-corrected chi connectivity index (χ0v) is 27.0. The number of nitrogens with one attached hydrogen (secondary N) is 3. The molecule has 2 saturated heterocycles. The van der Waals surface area contributed by atoms with E-state index in [-0.39, 0.29) is 41.9 Å². The Balaban J connectivity index is 1.66. The molecule has 45 heavy (non-hydrogen) atoms. The van der Waals surface area contributed by atoms with Gasteiger partial charge in [0.05, 0.1) is 24.0 Å². The molecule has 2 aromatic rings. The minimum absolute atomic E-state index is 0.0324. The highest BCUT2D eigenvalue weighted by Gasteiger charge is 2.76. The third-order valence-electron chi connectivity index (χ3n) is 9.53. The lowest BCUT2D eigenvalue weighted by Gasteiger charge is -2.12. The molecule has 4 atom stereocenters. The molecule has 2 fully saturated rings. The Hall–Kier alpha value is -4.19. The number of H-pyrrole nitrogens is 2. The van der Waals surface area contributed by atoms with Crippen molar-refractivity contribution in [3.8, 4) is 0 Å². The lowest BCUT2D eigenvalue weighted by Crippen LogP contribution is -2.27. The number of carbonyl (C=O) groups excluding carboxylic acids is 1. The number of hydrogen-bond acceptors (Lipinski definition) is 5. The Morgan fingerprint density at radius 1 is 0.956 bits per heavy atom. The molecule has 3 aliphatic rings. The number of aliphatic carboxylic acids is 2. The third kappa shape index (κ3) is 5.71. The summed E-state index contributed by atoms with van der Waals surface area (Å²) in [6.07, 6.45) is 8.55. The largest absolute Gasteiger partial charge is 0.515 e. The smallest absolute Gasteiger partial charge is 0.352 e. The van der Waals surface area contributed by atoms with Crippen molar-refractivity contribution in [2.45, 2.75) is 78.0 Å². The monoisotopic (exact) mass is 637 g/mol. The van der Waals surface area contributed by atoms with Gasteiger partial charge in [0, 0.05) is 52.3 Å². The number of aliphatic hydroxyl groups is 2. The van der Waals surface area contributed by atoms with Gasteiger partial charge >= 0.3 is 22.7 Å². The van der Waals surface area contributed by atoms with Crippen LogP contribution >= 0.6 is 11.9 Å². The number of carboxylic acids is 2. The molecule has 5 rings (SSSR count). The summed E-state index contributed by atoms with van der Waals surface area (Å²) in [6.45, 7) is 9.86. The van der Waals surface area contributed by atoms with Crippen LogP contribution in [-0.2, 0) is 27.2 Å². The Morgan fingerprint density at radius 2 is 1.62 bits per heavy atom. The van der Waals surface area contributed by atoms with Gasteiger partial charge in [-0.15, -0.1) is 0 Å². The van der Waals surface area contributed by atoms with Crippen molar-refractivity contribution in [2.75, 3.05) is 0 Å². The van der Waals surface area contributed by atoms with Crippen LogP contribution < -0.4 is 16.0 Å². The molecule has 240 valence electrons. The van der Waals surface area contributed by atoms with Gasteiger partial charge in [0.25, 0.3) is 11.9 Å². The summed E-state index contributed by atoms with van der Waals surface area (Å²) >= 11 is 1.59. The number of rotatable bonds is 11. The molecule has 0 bridgehead atoms. The highest BCUT2D eigenvalue weighted by atomic mass is 32.2. The number of allylic oxidation sites excluding steroid dienone is 1. The van der Waals surface area contributed by atoms with Crippen LogP contribution in [0.5, 0.6) is 0 Å². The summed E-state index contributed by atoms with van der Waals surface area (Å²) < 4.78 is 1.95. The zero-order chi connectivity index (χ0) is 32.8. The van der Waals surface area contributed by atoms with E-state index in [4.69, 9.17) is 0 Å². The molecule has 11 nitrogen and oxygen atoms in total. The van der Waals surface area contributed by atoms with E-state index in [1.807, 2.05) is 37.8 Å². The zero-order valence-electron chi connectivity index (χ0n) is 26.2. The average molecular weight is 638 g/mol. The number of aromatic nitrogens is 2. The first-order valence-corrected chi connectivity index (χ1v) is 16.1. The third-order valence-corrected chi connectivity index (χ3v) is 10.9. The normalized spacial score (nSPS) is 26.8. The Labute approximate surface area is 265 Å². The molecule has 1 unspecified atom stereocenters. The molecule has 0 aromatic carbocycles. The van der Waals surface area contributed by atoms with Crippen LogP contribution in [0.25, 0.3) is 18.2 Å². The molecule has 0 radical (unpaired) electrons. The van der Waals surface area contributed by atoms with Crippen molar-refractivity contribution in [1.29, 1.82) is 0 Å². The van der Waals surface area contributed by atoms with Crippen LogP contribution in [0.15, 0.2) is 17.5 Å². The fourth-order valence-corrected chi connectivity index (χ4v) is 8.40. The maximum atomic E-state index is 12.5. The highest BCUT2D eigenvalue weighted by molar-refractivity contribution is 8.00. The Bertz CT molecular complexity index is 1800. The fraction of sp³-hybridized carbons (Fsp3) is 0.455. The van der Waals surface area contributed by atoms with Crippen molar-refractivity contribution >= 4 is 53.9 Å². The minimum Gasteiger partial charge on any atom is -0.515 e. The van der Waals surface area contributed by atoms with E-state index in [1.54, 1.807) is 18.0 Å². The molecule has 0 saturated carbocycles. The molecule has 0 spiro atoms. The first-order chi connectivity index (χ1) is 21.4. The van der Waals surface area contributed by atoms with Gasteiger partial charge in [-0.2, -0.15) is 0 Å². The van der Waals surface area contributed by atoms with Gasteiger partial charge in [-0.25, -0.2) is 0 Å². The Morgan fingerprint density at radius 3 is 2.22 bits per heavy atom. The maximum absolute atomic E-state index is 12.5. The van der Waals surface area contributed by atoms with E-state index in [2.05, 4.69) is 28.3 Å². The fourth-order valence-electron chi connectivity index (χ4n) is 6.93. The standard InChI is InChI=1S/C33H40N4O7S/c1-6-19-22(15-38)27(36-31(19)43)12-24-16(3)20(8-10-29(39)40)25(34-24)13-26-21(9-11-30(41)42)17(4)28(35-26)14-33-23(7-2)18(5)32(44)37(33)45-33/h12-15,18-19,23,34-35H,6-11H2,1-5H3,(H4,36,38,39,40,41,42,43)/p+1/b22-15+,26-13-,27-12-,28-14+/t18-,19?,23-,33-,37?/m1/s1. The number of carboxylic acid groups (broad SMARTS) is 2. The van der Waals surface area contributed by atoms with Gasteiger partial charge in [-0.05, 0) is 80.9 Å². The molecule has 12 heteroatoms. The molecular weight excluding hydrogens is 596 g/mol. The van der Waals surface area contributed by atoms with Gasteiger partial charge in [-0.3, -0.25) is 14.4 Å². The molecule has 7 N–H and O–H groups in total. The van der Waals surface area contributed by atoms with Crippen LogP contribution in [0.4, 0.5) is 0 Å². The van der Waals surface area contributed by atoms with Gasteiger partial charge in [0.2, 0.25) is 5.91 Å². The highest BCUT2D eigenvalue weighted by Crippen LogP contribution is 2.61. The van der Waals surface area contributed by atoms with Gasteiger partial charge in [0.15, 0.2) is 0 Å². The summed E-state index contributed by atoms with van der Waals surface area (Å²) in [4.78, 5) is 42.2. The molecule has 5 heterocycles. The molecule has 3 aliphatic heterocycles. The van der Waals surface area contributed by atoms with Gasteiger partial charge < -0.3 is 35.7 Å². The topological polar surface area (TPSA) is 179 Å². The van der Waals surface area contributed by atoms with Gasteiger partial charge in [0.1, 0.15) is 0 Å². The first kappa shape index (κ1) is 32.2. The maximum Gasteiger partial charge on any atom is 0.352 e. The minimum atomic E-state index is -0.933. The average Bonchev–Trinajstić information content (AvgIpc) is 3.26. The van der Waals surface area contributed by atoms with Crippen LogP contribution in [-0.4, -0.2) is 63.0 Å². The number of hydrogen-bond donors (Lipinski definition) is 7. The second kappa shape index (κ2) is 12.3. The number of aromatic amines is 2. The van der Waals surface area contributed by atoms with E-state index < -0.39 is 17.9 Å². The SMILES string of the molecule is CCC1C(=O)NC(=C\c2[nH]c(/C=c3\[nH]/c(=C/[C@]45S[N+]4=C(O)[C@H](C)[C@H]5CC)c(C)c3CCC(=O)O)c(CCC(=O)O)c2C)/C1=C/O. The summed E-state index contributed by atoms with van der Waals surface area (Å²) in [7, 11) is 0. The van der Waals surface area contributed by atoms with Crippen LogP contribution in [0.1, 0.15) is 80.1 Å². The van der Waals surface area contributed by atoms with E-state index in [1.165, 1.54) is 0 Å². The van der Waals surface area contributed by atoms with Crippen molar-refractivity contribution in [1.82, 2.24) is 15.3 Å². The van der Waals surface area contributed by atoms with Gasteiger partial charge in [-0.1, -0.05) is 17.8 Å². The van der Waals surface area contributed by atoms with Crippen LogP contribution in [0, 0.1) is 31.6 Å². The summed E-state index contributed by atoms with van der Waals surface area (Å²) in [5, 5.41) is 44.0. The number of fused-ring (bicyclic) bond motifs is 1. The van der Waals surface area contributed by atoms with E-state index in [0.29, 0.717) is 46.7 Å². The van der Waals surface area contributed by atoms with E-state index in [0.717, 1.165) is 40.3 Å². The van der Waals surface area contributed by atoms with E-state index >= 15 is 0 Å². The molecule has 2 aromatic heterocycles. The quantitative estimate of drug-likeness (QED) is 0.0846. The van der Waals surface area contributed by atoms with E-state index in [9.17, 15) is 34.8 Å². The van der Waals surface area contributed by atoms with Crippen molar-refractivity contribution in [3.63, 3.8) is 0 Å².